The van der Waals surface area contributed by atoms with Gasteiger partial charge in [0.15, 0.2) is 0 Å². The molecule has 7 heteroatoms. The van der Waals surface area contributed by atoms with Gasteiger partial charge in [0.2, 0.25) is 0 Å². The number of nitrogens with two attached hydrogens (primary N) is 2. The Bertz CT molecular complexity index is 143. The number of unbranched alkanes of at least 4 members (excludes halogenated alkanes) is 1. The molecule has 0 aromatic heterocycles. The van der Waals surface area contributed by atoms with Crippen molar-refractivity contribution in [2.45, 2.75) is 12.8 Å². The zero-order valence-corrected chi connectivity index (χ0v) is 6.92. The van der Waals surface area contributed by atoms with Crippen molar-refractivity contribution in [1.82, 2.24) is 0 Å². The van der Waals surface area contributed by atoms with Gasteiger partial charge in [0, 0.05) is 0 Å². The fourth-order valence-electron chi connectivity index (χ4n) is 0.289. The molecule has 6 N–H and O–H groups in total. The first kappa shape index (κ1) is 13.4. The molecule has 0 saturated carbocycles. The first-order valence-corrected chi connectivity index (χ1v) is 4.41. The normalized spacial score (nSPS) is 10.2. The van der Waals surface area contributed by atoms with E-state index >= 15 is 0 Å². The molecule has 11 heavy (non-hydrogen) atoms. The van der Waals surface area contributed by atoms with Crippen molar-refractivity contribution >= 4 is 10.4 Å². The zero-order valence-electron chi connectivity index (χ0n) is 6.10. The highest BCUT2D eigenvalue weighted by Crippen LogP contribution is 1.77. The first-order chi connectivity index (χ1) is 4.91. The molecule has 70 valence electrons. The quantitative estimate of drug-likeness (QED) is 0.332. The average molecular weight is 186 g/mol. The van der Waals surface area contributed by atoms with E-state index in [0.717, 1.165) is 25.9 Å². The van der Waals surface area contributed by atoms with Gasteiger partial charge < -0.3 is 11.5 Å². The van der Waals surface area contributed by atoms with Crippen molar-refractivity contribution in [2.24, 2.45) is 11.5 Å². The van der Waals surface area contributed by atoms with E-state index in [4.69, 9.17) is 29.0 Å². The molecule has 0 rings (SSSR count). The maximum atomic E-state index is 8.74. The summed E-state index contributed by atoms with van der Waals surface area (Å²) >= 11 is 0. The Hall–Kier alpha value is -0.210. The van der Waals surface area contributed by atoms with Crippen LogP contribution in [0.15, 0.2) is 0 Å². The van der Waals surface area contributed by atoms with Crippen LogP contribution in [0.3, 0.4) is 0 Å². The Morgan fingerprint density at radius 2 is 1.18 bits per heavy atom. The van der Waals surface area contributed by atoms with Gasteiger partial charge in [0.1, 0.15) is 0 Å². The molecule has 0 amide bonds. The fourth-order valence-corrected chi connectivity index (χ4v) is 0.289. The van der Waals surface area contributed by atoms with Crippen molar-refractivity contribution in [3.8, 4) is 0 Å². The minimum absolute atomic E-state index is 0.775. The molecular formula is C4H14N2O4S. The Balaban J connectivity index is 0. The van der Waals surface area contributed by atoms with Crippen molar-refractivity contribution in [1.29, 1.82) is 0 Å². The topological polar surface area (TPSA) is 127 Å². The molecule has 0 unspecified atom stereocenters. The molecule has 0 aliphatic rings. The van der Waals surface area contributed by atoms with Gasteiger partial charge in [-0.3, -0.25) is 9.11 Å². The number of rotatable bonds is 3. The van der Waals surface area contributed by atoms with Gasteiger partial charge in [-0.15, -0.1) is 0 Å². The second kappa shape index (κ2) is 7.89. The lowest BCUT2D eigenvalue weighted by Crippen LogP contribution is -2.03. The van der Waals surface area contributed by atoms with Gasteiger partial charge in [-0.25, -0.2) is 0 Å². The summed E-state index contributed by atoms with van der Waals surface area (Å²) in [6.07, 6.45) is 2.13. The second-order valence-electron chi connectivity index (χ2n) is 1.73. The van der Waals surface area contributed by atoms with Crippen LogP contribution in [0.25, 0.3) is 0 Å². The molecule has 0 spiro atoms. The largest absolute Gasteiger partial charge is 0.394 e. The van der Waals surface area contributed by atoms with Crippen LogP contribution in [0, 0.1) is 0 Å². The van der Waals surface area contributed by atoms with E-state index in [0.29, 0.717) is 0 Å². The smallest absolute Gasteiger partial charge is 0.330 e. The van der Waals surface area contributed by atoms with Crippen LogP contribution in [0.1, 0.15) is 12.8 Å². The number of hydrogen-bond donors (Lipinski definition) is 4. The van der Waals surface area contributed by atoms with Crippen LogP contribution >= 0.6 is 0 Å². The fraction of sp³-hybridized carbons (Fsp3) is 1.00. The van der Waals surface area contributed by atoms with E-state index in [1.54, 1.807) is 0 Å². The van der Waals surface area contributed by atoms with E-state index in [1.807, 2.05) is 0 Å². The van der Waals surface area contributed by atoms with Crippen LogP contribution in [0.5, 0.6) is 0 Å². The third-order valence-electron chi connectivity index (χ3n) is 0.658. The Morgan fingerprint density at radius 1 is 1.00 bits per heavy atom. The van der Waals surface area contributed by atoms with Crippen LogP contribution in [-0.4, -0.2) is 30.6 Å². The van der Waals surface area contributed by atoms with E-state index in [-0.39, 0.29) is 0 Å². The van der Waals surface area contributed by atoms with Gasteiger partial charge in [-0.2, -0.15) is 8.42 Å². The third-order valence-corrected chi connectivity index (χ3v) is 0.658. The van der Waals surface area contributed by atoms with Crippen molar-refractivity contribution in [3.63, 3.8) is 0 Å². The van der Waals surface area contributed by atoms with Crippen LogP contribution in [-0.2, 0) is 10.4 Å². The molecule has 0 atom stereocenters. The first-order valence-electron chi connectivity index (χ1n) is 3.01. The van der Waals surface area contributed by atoms with Gasteiger partial charge in [0.05, 0.1) is 0 Å². The monoisotopic (exact) mass is 186 g/mol. The SMILES string of the molecule is NCCCCN.O=S(=O)(O)O. The summed E-state index contributed by atoms with van der Waals surface area (Å²) in [4.78, 5) is 0. The van der Waals surface area contributed by atoms with Crippen molar-refractivity contribution < 1.29 is 17.5 Å². The summed E-state index contributed by atoms with van der Waals surface area (Å²) in [7, 11) is -4.67. The standard InChI is InChI=1S/C4H12N2.H2O4S/c5-3-1-2-4-6;1-5(2,3)4/h1-6H2;(H2,1,2,3,4). The zero-order chi connectivity index (χ0) is 9.33. The summed E-state index contributed by atoms with van der Waals surface area (Å²) in [5.74, 6) is 0. The summed E-state index contributed by atoms with van der Waals surface area (Å²) in [6.45, 7) is 1.55. The minimum atomic E-state index is -4.67. The van der Waals surface area contributed by atoms with Crippen molar-refractivity contribution in [3.05, 3.63) is 0 Å². The number of hydrogen-bond acceptors (Lipinski definition) is 4. The second-order valence-corrected chi connectivity index (χ2v) is 2.63. The minimum Gasteiger partial charge on any atom is -0.330 e. The maximum Gasteiger partial charge on any atom is 0.394 e. The summed E-state index contributed by atoms with van der Waals surface area (Å²) in [6, 6.07) is 0. The van der Waals surface area contributed by atoms with Crippen molar-refractivity contribution in [2.75, 3.05) is 13.1 Å². The molecule has 0 aromatic carbocycles. The molecule has 0 aliphatic heterocycles. The highest BCUT2D eigenvalue weighted by atomic mass is 32.3. The highest BCUT2D eigenvalue weighted by molar-refractivity contribution is 7.79. The van der Waals surface area contributed by atoms with Crippen LogP contribution < -0.4 is 11.5 Å². The van der Waals surface area contributed by atoms with Gasteiger partial charge in [-0.1, -0.05) is 0 Å². The summed E-state index contributed by atoms with van der Waals surface area (Å²) in [5.41, 5.74) is 10.3. The molecule has 0 bridgehead atoms. The lowest BCUT2D eigenvalue weighted by atomic mass is 10.3. The Kier molecular flexibility index (Phi) is 9.60. The Morgan fingerprint density at radius 3 is 1.27 bits per heavy atom. The average Bonchev–Trinajstić information content (AvgIpc) is 1.79. The molecule has 0 fully saturated rings. The summed E-state index contributed by atoms with van der Waals surface area (Å²) in [5, 5.41) is 0. The van der Waals surface area contributed by atoms with Gasteiger partial charge in [0.25, 0.3) is 0 Å². The molecule has 0 heterocycles. The predicted octanol–water partition coefficient (Wildman–Crippen LogP) is -0.969. The molecule has 6 nitrogen and oxygen atoms in total. The van der Waals surface area contributed by atoms with E-state index < -0.39 is 10.4 Å². The third kappa shape index (κ3) is 76.3. The molecule has 0 aliphatic carbocycles. The van der Waals surface area contributed by atoms with E-state index in [1.165, 1.54) is 0 Å². The van der Waals surface area contributed by atoms with Crippen LogP contribution in [0.4, 0.5) is 0 Å². The predicted molar refractivity (Wildman–Crippen MR) is 41.5 cm³/mol. The Labute approximate surface area is 66.2 Å². The summed E-state index contributed by atoms with van der Waals surface area (Å²) < 4.78 is 31.6. The molecular weight excluding hydrogens is 172 g/mol. The van der Waals surface area contributed by atoms with Crippen LogP contribution in [0.2, 0.25) is 0 Å². The van der Waals surface area contributed by atoms with Gasteiger partial charge >= 0.3 is 10.4 Å². The van der Waals surface area contributed by atoms with E-state index in [2.05, 4.69) is 0 Å². The van der Waals surface area contributed by atoms with E-state index in [9.17, 15) is 0 Å². The lowest BCUT2D eigenvalue weighted by molar-refractivity contribution is 0.381. The highest BCUT2D eigenvalue weighted by Gasteiger charge is 1.84. The lowest BCUT2D eigenvalue weighted by Gasteiger charge is -1.87. The van der Waals surface area contributed by atoms with Gasteiger partial charge in [-0.05, 0) is 25.9 Å². The molecule has 0 aromatic rings. The maximum absolute atomic E-state index is 8.74. The molecule has 0 radical (unpaired) electrons. The molecule has 0 saturated heterocycles.